The number of aromatic nitrogens is 1. The molecule has 6 nitrogen and oxygen atoms in total. The Kier molecular flexibility index (Phi) is 4.49. The zero-order valence-corrected chi connectivity index (χ0v) is 12.0. The number of nitrogens with zero attached hydrogens (tertiary/aromatic N) is 1. The summed E-state index contributed by atoms with van der Waals surface area (Å²) in [6, 6.07) is 6.48. The van der Waals surface area contributed by atoms with Crippen molar-refractivity contribution in [2.45, 2.75) is 6.54 Å². The number of nitrogens with one attached hydrogen (secondary N) is 1. The van der Waals surface area contributed by atoms with Crippen molar-refractivity contribution in [2.75, 3.05) is 12.4 Å². The number of ether oxygens (including phenoxy) is 1. The maximum absolute atomic E-state index is 11.3. The van der Waals surface area contributed by atoms with Crippen LogP contribution in [0.15, 0.2) is 30.5 Å². The molecule has 4 N–H and O–H groups in total. The third-order valence-corrected chi connectivity index (χ3v) is 3.07. The van der Waals surface area contributed by atoms with Crippen LogP contribution < -0.4 is 15.8 Å². The van der Waals surface area contributed by atoms with Gasteiger partial charge in [0.25, 0.3) is 5.91 Å². The number of phenolic OH excluding ortho intramolecular Hbond substituents is 1. The molecule has 0 bridgehead atoms. The number of phenols is 1. The molecular formula is C14H14ClN3O3. The maximum atomic E-state index is 11.3. The molecule has 7 heteroatoms. The van der Waals surface area contributed by atoms with Gasteiger partial charge in [0.2, 0.25) is 0 Å². The van der Waals surface area contributed by atoms with E-state index in [1.165, 1.54) is 25.4 Å². The van der Waals surface area contributed by atoms with Crippen LogP contribution in [0.1, 0.15) is 15.9 Å². The molecule has 2 aromatic rings. The van der Waals surface area contributed by atoms with E-state index >= 15 is 0 Å². The first-order chi connectivity index (χ1) is 10.0. The van der Waals surface area contributed by atoms with Gasteiger partial charge in [0.05, 0.1) is 18.4 Å². The van der Waals surface area contributed by atoms with Gasteiger partial charge in [-0.05, 0) is 23.8 Å². The number of halogens is 1. The smallest absolute Gasteiger partial charge is 0.252 e. The number of primary amides is 1. The van der Waals surface area contributed by atoms with Gasteiger partial charge in [-0.3, -0.25) is 4.79 Å². The summed E-state index contributed by atoms with van der Waals surface area (Å²) in [6.07, 6.45) is 1.32. The fourth-order valence-electron chi connectivity index (χ4n) is 1.80. The van der Waals surface area contributed by atoms with Crippen LogP contribution in [0, 0.1) is 0 Å². The molecule has 1 aromatic carbocycles. The molecular weight excluding hydrogens is 294 g/mol. The largest absolute Gasteiger partial charge is 0.504 e. The average Bonchev–Trinajstić information content (AvgIpc) is 2.46. The quantitative estimate of drug-likeness (QED) is 0.735. The number of benzene rings is 1. The second-order valence-corrected chi connectivity index (χ2v) is 4.66. The van der Waals surface area contributed by atoms with Crippen LogP contribution in [-0.4, -0.2) is 23.1 Å². The van der Waals surface area contributed by atoms with E-state index in [9.17, 15) is 9.90 Å². The number of carbonyl (C=O) groups excluding carboxylic acids is 1. The Morgan fingerprint density at radius 1 is 1.48 bits per heavy atom. The highest BCUT2D eigenvalue weighted by Gasteiger charge is 2.10. The number of hydrogen-bond donors (Lipinski definition) is 3. The van der Waals surface area contributed by atoms with Crippen molar-refractivity contribution in [1.82, 2.24) is 4.98 Å². The molecule has 0 radical (unpaired) electrons. The molecule has 0 atom stereocenters. The number of methoxy groups -OCH3 is 1. The second-order valence-electron chi connectivity index (χ2n) is 4.28. The van der Waals surface area contributed by atoms with Crippen LogP contribution in [0.4, 0.5) is 5.69 Å². The Hall–Kier alpha value is -2.47. The molecule has 21 heavy (non-hydrogen) atoms. The molecule has 110 valence electrons. The molecule has 0 fully saturated rings. The molecule has 2 rings (SSSR count). The van der Waals surface area contributed by atoms with Crippen LogP contribution in [0.2, 0.25) is 5.15 Å². The predicted octanol–water partition coefficient (Wildman–Crippen LogP) is 2.16. The second kappa shape index (κ2) is 6.32. The summed E-state index contributed by atoms with van der Waals surface area (Å²) in [5, 5.41) is 12.9. The van der Waals surface area contributed by atoms with Gasteiger partial charge in [-0.25, -0.2) is 4.98 Å². The molecule has 1 aromatic heterocycles. The van der Waals surface area contributed by atoms with Gasteiger partial charge in [0, 0.05) is 12.7 Å². The molecule has 0 unspecified atom stereocenters. The van der Waals surface area contributed by atoms with Crippen LogP contribution in [0.25, 0.3) is 0 Å². The Morgan fingerprint density at radius 3 is 2.90 bits per heavy atom. The predicted molar refractivity (Wildman–Crippen MR) is 79.8 cm³/mol. The van der Waals surface area contributed by atoms with Crippen molar-refractivity contribution < 1.29 is 14.6 Å². The monoisotopic (exact) mass is 307 g/mol. The van der Waals surface area contributed by atoms with Gasteiger partial charge in [0.15, 0.2) is 11.5 Å². The third-order valence-electron chi connectivity index (χ3n) is 2.86. The topological polar surface area (TPSA) is 97.5 Å². The standard InChI is InChI=1S/C14H14ClN3O3/c1-21-12-4-8(2-3-11(12)19)6-17-10-5-13(15)18-7-9(10)14(16)20/h2-5,7,19H,6H2,1H3,(H2,16,20)(H,17,18). The van der Waals surface area contributed by atoms with Gasteiger partial charge in [-0.15, -0.1) is 0 Å². The molecule has 0 aliphatic carbocycles. The maximum Gasteiger partial charge on any atom is 0.252 e. The van der Waals surface area contributed by atoms with E-state index in [1.54, 1.807) is 12.1 Å². The van der Waals surface area contributed by atoms with E-state index in [0.717, 1.165) is 5.56 Å². The number of rotatable bonds is 5. The fraction of sp³-hybridized carbons (Fsp3) is 0.143. The number of amides is 1. The molecule has 0 saturated carbocycles. The van der Waals surface area contributed by atoms with Crippen LogP contribution in [-0.2, 0) is 6.54 Å². The Labute approximate surface area is 126 Å². The third kappa shape index (κ3) is 3.55. The lowest BCUT2D eigenvalue weighted by molar-refractivity contribution is 0.100. The van der Waals surface area contributed by atoms with E-state index in [-0.39, 0.29) is 16.5 Å². The van der Waals surface area contributed by atoms with Crippen molar-refractivity contribution in [3.63, 3.8) is 0 Å². The Morgan fingerprint density at radius 2 is 2.24 bits per heavy atom. The number of anilines is 1. The summed E-state index contributed by atoms with van der Waals surface area (Å²) in [5.41, 5.74) is 6.89. The highest BCUT2D eigenvalue weighted by molar-refractivity contribution is 6.29. The summed E-state index contributed by atoms with van der Waals surface area (Å²) < 4.78 is 5.04. The van der Waals surface area contributed by atoms with Crippen LogP contribution >= 0.6 is 11.6 Å². The number of hydrogen-bond acceptors (Lipinski definition) is 5. The summed E-state index contributed by atoms with van der Waals surface area (Å²) >= 11 is 5.82. The lowest BCUT2D eigenvalue weighted by Gasteiger charge is -2.11. The fourth-order valence-corrected chi connectivity index (χ4v) is 1.96. The molecule has 1 heterocycles. The Balaban J connectivity index is 2.20. The minimum atomic E-state index is -0.593. The molecule has 0 aliphatic rings. The SMILES string of the molecule is COc1cc(CNc2cc(Cl)ncc2C(N)=O)ccc1O. The zero-order chi connectivity index (χ0) is 15.4. The number of pyridine rings is 1. The van der Waals surface area contributed by atoms with Crippen molar-refractivity contribution in [1.29, 1.82) is 0 Å². The van der Waals surface area contributed by atoms with Gasteiger partial charge >= 0.3 is 0 Å². The number of nitrogens with two attached hydrogens (primary N) is 1. The first-order valence-electron chi connectivity index (χ1n) is 6.06. The first kappa shape index (κ1) is 14.9. The van der Waals surface area contributed by atoms with Gasteiger partial charge in [-0.1, -0.05) is 17.7 Å². The molecule has 0 spiro atoms. The summed E-state index contributed by atoms with van der Waals surface area (Å²) in [4.78, 5) is 15.2. The van der Waals surface area contributed by atoms with E-state index in [1.807, 2.05) is 0 Å². The molecule has 1 amide bonds. The van der Waals surface area contributed by atoms with E-state index < -0.39 is 5.91 Å². The summed E-state index contributed by atoms with van der Waals surface area (Å²) in [7, 11) is 1.47. The molecule has 0 saturated heterocycles. The highest BCUT2D eigenvalue weighted by atomic mass is 35.5. The highest BCUT2D eigenvalue weighted by Crippen LogP contribution is 2.27. The average molecular weight is 308 g/mol. The van der Waals surface area contributed by atoms with Crippen LogP contribution in [0.5, 0.6) is 11.5 Å². The summed E-state index contributed by atoms with van der Waals surface area (Å²) in [6.45, 7) is 0.400. The van der Waals surface area contributed by atoms with E-state index in [4.69, 9.17) is 22.1 Å². The normalized spacial score (nSPS) is 10.2. The number of aromatic hydroxyl groups is 1. The van der Waals surface area contributed by atoms with Crippen LogP contribution in [0.3, 0.4) is 0 Å². The van der Waals surface area contributed by atoms with Crippen molar-refractivity contribution in [2.24, 2.45) is 5.73 Å². The van der Waals surface area contributed by atoms with Crippen molar-refractivity contribution in [3.8, 4) is 11.5 Å². The first-order valence-corrected chi connectivity index (χ1v) is 6.44. The lowest BCUT2D eigenvalue weighted by atomic mass is 10.1. The van der Waals surface area contributed by atoms with Gasteiger partial charge < -0.3 is 20.9 Å². The Bertz CT molecular complexity index is 677. The minimum Gasteiger partial charge on any atom is -0.504 e. The van der Waals surface area contributed by atoms with Crippen molar-refractivity contribution >= 4 is 23.2 Å². The summed E-state index contributed by atoms with van der Waals surface area (Å²) in [5.74, 6) is -0.159. The lowest BCUT2D eigenvalue weighted by Crippen LogP contribution is -2.15. The van der Waals surface area contributed by atoms with Gasteiger partial charge in [0.1, 0.15) is 5.15 Å². The van der Waals surface area contributed by atoms with E-state index in [2.05, 4.69) is 10.3 Å². The van der Waals surface area contributed by atoms with E-state index in [0.29, 0.717) is 18.0 Å². The van der Waals surface area contributed by atoms with Crippen molar-refractivity contribution in [3.05, 3.63) is 46.7 Å². The van der Waals surface area contributed by atoms with Gasteiger partial charge in [-0.2, -0.15) is 0 Å². The zero-order valence-electron chi connectivity index (χ0n) is 11.3. The molecule has 0 aliphatic heterocycles. The minimum absolute atomic E-state index is 0.0611. The number of carbonyl (C=O) groups is 1.